The molecular formula is C11H21N3O3. The van der Waals surface area contributed by atoms with Gasteiger partial charge in [-0.3, -0.25) is 9.69 Å². The third-order valence-corrected chi connectivity index (χ3v) is 2.90. The molecule has 0 aromatic rings. The molecule has 1 aliphatic heterocycles. The first-order chi connectivity index (χ1) is 8.10. The van der Waals surface area contributed by atoms with Crippen molar-refractivity contribution in [2.75, 3.05) is 19.6 Å². The zero-order chi connectivity index (χ0) is 12.8. The van der Waals surface area contributed by atoms with Crippen LogP contribution in [0.4, 0.5) is 4.79 Å². The van der Waals surface area contributed by atoms with E-state index in [1.165, 1.54) is 4.90 Å². The Kier molecular flexibility index (Phi) is 5.21. The number of ether oxygens (including phenoxy) is 1. The molecule has 0 bridgehead atoms. The second-order valence-corrected chi connectivity index (χ2v) is 4.20. The molecule has 1 rings (SSSR count). The Morgan fingerprint density at radius 1 is 1.59 bits per heavy atom. The molecule has 0 spiro atoms. The molecule has 2 amide bonds. The van der Waals surface area contributed by atoms with Gasteiger partial charge in [0.2, 0.25) is 5.91 Å². The standard InChI is InChI=1S/C11H21N3O3/c1-3-8(4-2)13-10(15)7-14-6-9(5-12)17-11(14)16/h8-9H,3-7,12H2,1-2H3,(H,13,15). The molecule has 6 heteroatoms. The summed E-state index contributed by atoms with van der Waals surface area (Å²) >= 11 is 0. The smallest absolute Gasteiger partial charge is 0.410 e. The van der Waals surface area contributed by atoms with Gasteiger partial charge in [0.05, 0.1) is 6.54 Å². The average Bonchev–Trinajstić information content (AvgIpc) is 2.67. The molecule has 1 unspecified atom stereocenters. The van der Waals surface area contributed by atoms with Gasteiger partial charge < -0.3 is 15.8 Å². The summed E-state index contributed by atoms with van der Waals surface area (Å²) in [4.78, 5) is 24.4. The van der Waals surface area contributed by atoms with E-state index in [-0.39, 0.29) is 31.1 Å². The van der Waals surface area contributed by atoms with Crippen molar-refractivity contribution in [1.29, 1.82) is 0 Å². The Hall–Kier alpha value is -1.30. The van der Waals surface area contributed by atoms with Crippen molar-refractivity contribution in [3.63, 3.8) is 0 Å². The summed E-state index contributed by atoms with van der Waals surface area (Å²) in [6.45, 7) is 4.76. The van der Waals surface area contributed by atoms with Crippen molar-refractivity contribution in [1.82, 2.24) is 10.2 Å². The van der Waals surface area contributed by atoms with Crippen molar-refractivity contribution in [2.45, 2.75) is 38.8 Å². The van der Waals surface area contributed by atoms with Gasteiger partial charge in [-0.05, 0) is 12.8 Å². The Bertz CT molecular complexity index is 279. The number of amides is 2. The minimum atomic E-state index is -0.458. The number of hydrogen-bond acceptors (Lipinski definition) is 4. The topological polar surface area (TPSA) is 84.7 Å². The third-order valence-electron chi connectivity index (χ3n) is 2.90. The lowest BCUT2D eigenvalue weighted by atomic mass is 10.2. The van der Waals surface area contributed by atoms with Crippen LogP contribution in [0.1, 0.15) is 26.7 Å². The van der Waals surface area contributed by atoms with Crippen LogP contribution in [0, 0.1) is 0 Å². The Morgan fingerprint density at radius 3 is 2.71 bits per heavy atom. The van der Waals surface area contributed by atoms with E-state index in [1.54, 1.807) is 0 Å². The third kappa shape index (κ3) is 3.89. The van der Waals surface area contributed by atoms with Crippen LogP contribution in [0.25, 0.3) is 0 Å². The zero-order valence-corrected chi connectivity index (χ0v) is 10.4. The molecule has 1 aliphatic rings. The summed E-state index contributed by atoms with van der Waals surface area (Å²) in [5, 5.41) is 2.88. The van der Waals surface area contributed by atoms with Crippen LogP contribution in [0.15, 0.2) is 0 Å². The number of carbonyl (C=O) groups is 2. The van der Waals surface area contributed by atoms with Crippen LogP contribution < -0.4 is 11.1 Å². The van der Waals surface area contributed by atoms with Gasteiger partial charge in [0.15, 0.2) is 0 Å². The highest BCUT2D eigenvalue weighted by Gasteiger charge is 2.31. The van der Waals surface area contributed by atoms with Crippen LogP contribution in [0.5, 0.6) is 0 Å². The van der Waals surface area contributed by atoms with Gasteiger partial charge in [0, 0.05) is 12.6 Å². The van der Waals surface area contributed by atoms with E-state index >= 15 is 0 Å². The number of rotatable bonds is 6. The Morgan fingerprint density at radius 2 is 2.24 bits per heavy atom. The lowest BCUT2D eigenvalue weighted by Crippen LogP contribution is -2.42. The zero-order valence-electron chi connectivity index (χ0n) is 10.4. The highest BCUT2D eigenvalue weighted by atomic mass is 16.6. The molecule has 0 aliphatic carbocycles. The van der Waals surface area contributed by atoms with Crippen molar-refractivity contribution in [2.24, 2.45) is 5.73 Å². The quantitative estimate of drug-likeness (QED) is 0.691. The highest BCUT2D eigenvalue weighted by Crippen LogP contribution is 2.09. The van der Waals surface area contributed by atoms with E-state index in [0.29, 0.717) is 6.54 Å². The van der Waals surface area contributed by atoms with Crippen molar-refractivity contribution >= 4 is 12.0 Å². The molecule has 1 fully saturated rings. The van der Waals surface area contributed by atoms with Crippen LogP contribution >= 0.6 is 0 Å². The monoisotopic (exact) mass is 243 g/mol. The SMILES string of the molecule is CCC(CC)NC(=O)CN1CC(CN)OC1=O. The van der Waals surface area contributed by atoms with E-state index in [9.17, 15) is 9.59 Å². The average molecular weight is 243 g/mol. The van der Waals surface area contributed by atoms with Gasteiger partial charge in [0.1, 0.15) is 12.6 Å². The molecule has 0 aromatic carbocycles. The normalized spacial score (nSPS) is 19.6. The van der Waals surface area contributed by atoms with Gasteiger partial charge in [-0.15, -0.1) is 0 Å². The molecule has 17 heavy (non-hydrogen) atoms. The lowest BCUT2D eigenvalue weighted by molar-refractivity contribution is -0.122. The van der Waals surface area contributed by atoms with Crippen molar-refractivity contribution in [3.05, 3.63) is 0 Å². The first-order valence-electron chi connectivity index (χ1n) is 6.05. The number of carbonyl (C=O) groups excluding carboxylic acids is 2. The van der Waals surface area contributed by atoms with Crippen LogP contribution in [-0.4, -0.2) is 48.7 Å². The molecule has 3 N–H and O–H groups in total. The minimum Gasteiger partial charge on any atom is -0.443 e. The van der Waals surface area contributed by atoms with Crippen molar-refractivity contribution in [3.8, 4) is 0 Å². The Balaban J connectivity index is 2.38. The number of nitrogens with one attached hydrogen (secondary N) is 1. The predicted octanol–water partition coefficient (Wildman–Crippen LogP) is 0.0707. The number of cyclic esters (lactones) is 1. The molecule has 0 saturated carbocycles. The first kappa shape index (κ1) is 13.8. The van der Waals surface area contributed by atoms with Gasteiger partial charge in [-0.25, -0.2) is 4.79 Å². The van der Waals surface area contributed by atoms with E-state index in [1.807, 2.05) is 13.8 Å². The van der Waals surface area contributed by atoms with Crippen molar-refractivity contribution < 1.29 is 14.3 Å². The Labute approximate surface area is 101 Å². The summed E-state index contributed by atoms with van der Waals surface area (Å²) in [5.74, 6) is -0.145. The molecule has 0 aromatic heterocycles. The van der Waals surface area contributed by atoms with Gasteiger partial charge in [0.25, 0.3) is 0 Å². The van der Waals surface area contributed by atoms with Crippen LogP contribution in [0.2, 0.25) is 0 Å². The van der Waals surface area contributed by atoms with E-state index in [0.717, 1.165) is 12.8 Å². The lowest BCUT2D eigenvalue weighted by Gasteiger charge is -2.17. The second-order valence-electron chi connectivity index (χ2n) is 4.20. The van der Waals surface area contributed by atoms with Crippen LogP contribution in [-0.2, 0) is 9.53 Å². The number of nitrogens with two attached hydrogens (primary N) is 1. The van der Waals surface area contributed by atoms with Gasteiger partial charge in [-0.2, -0.15) is 0 Å². The molecule has 1 atom stereocenters. The summed E-state index contributed by atoms with van der Waals surface area (Å²) < 4.78 is 4.96. The van der Waals surface area contributed by atoms with Crippen LogP contribution in [0.3, 0.4) is 0 Å². The molecule has 1 saturated heterocycles. The molecule has 0 radical (unpaired) electrons. The maximum atomic E-state index is 11.7. The summed E-state index contributed by atoms with van der Waals surface area (Å²) in [7, 11) is 0. The number of hydrogen-bond donors (Lipinski definition) is 2. The van der Waals surface area contributed by atoms with E-state index in [4.69, 9.17) is 10.5 Å². The molecule has 1 heterocycles. The van der Waals surface area contributed by atoms with E-state index in [2.05, 4.69) is 5.32 Å². The van der Waals surface area contributed by atoms with Gasteiger partial charge in [-0.1, -0.05) is 13.8 Å². The second kappa shape index (κ2) is 6.44. The molecule has 98 valence electrons. The van der Waals surface area contributed by atoms with E-state index < -0.39 is 6.09 Å². The highest BCUT2D eigenvalue weighted by molar-refractivity contribution is 5.83. The first-order valence-corrected chi connectivity index (χ1v) is 6.05. The summed E-state index contributed by atoms with van der Waals surface area (Å²) in [6.07, 6.45) is 1.03. The largest absolute Gasteiger partial charge is 0.443 e. The fraction of sp³-hybridized carbons (Fsp3) is 0.818. The fourth-order valence-corrected chi connectivity index (χ4v) is 1.77. The van der Waals surface area contributed by atoms with Gasteiger partial charge >= 0.3 is 6.09 Å². The molecular weight excluding hydrogens is 222 g/mol. The molecule has 6 nitrogen and oxygen atoms in total. The maximum Gasteiger partial charge on any atom is 0.410 e. The summed E-state index contributed by atoms with van der Waals surface area (Å²) in [5.41, 5.74) is 5.41. The minimum absolute atomic E-state index is 0.0475. The predicted molar refractivity (Wildman–Crippen MR) is 63.4 cm³/mol. The maximum absolute atomic E-state index is 11.7. The fourth-order valence-electron chi connectivity index (χ4n) is 1.77. The summed E-state index contributed by atoms with van der Waals surface area (Å²) in [6, 6.07) is 0.173. The number of nitrogens with zero attached hydrogens (tertiary/aromatic N) is 1.